The van der Waals surface area contributed by atoms with Gasteiger partial charge in [0.15, 0.2) is 5.16 Å². The number of nitrogen functional groups attached to an aromatic ring is 1. The van der Waals surface area contributed by atoms with E-state index < -0.39 is 0 Å². The van der Waals surface area contributed by atoms with Crippen LogP contribution in [0, 0.1) is 6.92 Å². The van der Waals surface area contributed by atoms with Crippen LogP contribution < -0.4 is 5.73 Å². The van der Waals surface area contributed by atoms with Crippen LogP contribution in [0.4, 0.5) is 5.82 Å². The van der Waals surface area contributed by atoms with Crippen LogP contribution >= 0.6 is 11.8 Å². The van der Waals surface area contributed by atoms with Gasteiger partial charge in [0.2, 0.25) is 0 Å². The lowest BCUT2D eigenvalue weighted by atomic mass is 10.6. The molecule has 1 aromatic rings. The van der Waals surface area contributed by atoms with Crippen molar-refractivity contribution >= 4 is 17.6 Å². The van der Waals surface area contributed by atoms with Gasteiger partial charge in [-0.05, 0) is 12.5 Å². The number of hydrogen-bond acceptors (Lipinski definition) is 4. The zero-order valence-corrected chi connectivity index (χ0v) is 6.97. The minimum atomic E-state index is 0.520. The molecule has 4 heteroatoms. The van der Waals surface area contributed by atoms with Gasteiger partial charge >= 0.3 is 0 Å². The molecule has 0 amide bonds. The maximum absolute atomic E-state index is 5.45. The highest BCUT2D eigenvalue weighted by molar-refractivity contribution is 7.99. The Kier molecular flexibility index (Phi) is 3.16. The van der Waals surface area contributed by atoms with E-state index in [0.717, 1.165) is 17.3 Å². The van der Waals surface area contributed by atoms with Gasteiger partial charge < -0.3 is 5.73 Å². The van der Waals surface area contributed by atoms with E-state index in [2.05, 4.69) is 16.9 Å². The van der Waals surface area contributed by atoms with E-state index >= 15 is 0 Å². The van der Waals surface area contributed by atoms with Gasteiger partial charge in [0.25, 0.3) is 0 Å². The fraction of sp³-hybridized carbons (Fsp3) is 0.286. The van der Waals surface area contributed by atoms with Crippen LogP contribution in [0.25, 0.3) is 0 Å². The summed E-state index contributed by atoms with van der Waals surface area (Å²) in [4.78, 5) is 8.03. The molecule has 0 atom stereocenters. The highest BCUT2D eigenvalue weighted by Crippen LogP contribution is 2.13. The third kappa shape index (κ3) is 2.76. The molecule has 11 heavy (non-hydrogen) atoms. The third-order valence-electron chi connectivity index (χ3n) is 1.03. The molecule has 2 N–H and O–H groups in total. The molecule has 59 valence electrons. The smallest absolute Gasteiger partial charge is 0.189 e. The Hall–Kier alpha value is -0.770. The van der Waals surface area contributed by atoms with E-state index in [1.807, 2.05) is 0 Å². The van der Waals surface area contributed by atoms with E-state index in [9.17, 15) is 0 Å². The standard InChI is InChI=1S/C7H10N3S/c1-2-5-11-7-9-4-3-6(8)10-7/h3-4H,1-2,5H2,(H2,8,9,10). The predicted octanol–water partition coefficient (Wildman–Crippen LogP) is 1.38. The van der Waals surface area contributed by atoms with Crippen LogP contribution in [-0.2, 0) is 0 Å². The number of rotatable bonds is 3. The number of hydrogen-bond donors (Lipinski definition) is 1. The molecule has 0 unspecified atom stereocenters. The first-order valence-electron chi connectivity index (χ1n) is 3.33. The second-order valence-electron chi connectivity index (χ2n) is 1.97. The van der Waals surface area contributed by atoms with Crippen LogP contribution in [0.2, 0.25) is 0 Å². The van der Waals surface area contributed by atoms with E-state index in [1.165, 1.54) is 0 Å². The maximum atomic E-state index is 5.45. The Labute approximate surface area is 70.4 Å². The summed E-state index contributed by atoms with van der Waals surface area (Å²) in [5.74, 6) is 1.45. The van der Waals surface area contributed by atoms with Crippen molar-refractivity contribution in [1.82, 2.24) is 9.97 Å². The first-order chi connectivity index (χ1) is 5.33. The zero-order valence-electron chi connectivity index (χ0n) is 6.16. The van der Waals surface area contributed by atoms with Gasteiger partial charge in [-0.3, -0.25) is 0 Å². The number of nitrogens with zero attached hydrogens (tertiary/aromatic N) is 2. The SMILES string of the molecule is [CH2]CCSc1nccc(N)n1. The summed E-state index contributed by atoms with van der Waals surface area (Å²) in [6, 6.07) is 1.67. The minimum absolute atomic E-state index is 0.520. The highest BCUT2D eigenvalue weighted by Gasteiger charge is 1.95. The summed E-state index contributed by atoms with van der Waals surface area (Å²) in [5.41, 5.74) is 5.45. The van der Waals surface area contributed by atoms with E-state index in [-0.39, 0.29) is 0 Å². The molecule has 0 aromatic carbocycles. The van der Waals surface area contributed by atoms with Crippen LogP contribution in [0.3, 0.4) is 0 Å². The lowest BCUT2D eigenvalue weighted by molar-refractivity contribution is 0.974. The first kappa shape index (κ1) is 8.33. The van der Waals surface area contributed by atoms with Gasteiger partial charge in [-0.15, -0.1) is 0 Å². The van der Waals surface area contributed by atoms with Crippen molar-refractivity contribution in [2.24, 2.45) is 0 Å². The zero-order chi connectivity index (χ0) is 8.10. The number of anilines is 1. The Bertz CT molecular complexity index is 227. The van der Waals surface area contributed by atoms with Crippen LogP contribution in [0.1, 0.15) is 6.42 Å². The molecule has 0 spiro atoms. The van der Waals surface area contributed by atoms with Crippen molar-refractivity contribution < 1.29 is 0 Å². The van der Waals surface area contributed by atoms with Crippen molar-refractivity contribution in [3.8, 4) is 0 Å². The molecule has 0 aliphatic rings. The average molecular weight is 168 g/mol. The fourth-order valence-electron chi connectivity index (χ4n) is 0.587. The van der Waals surface area contributed by atoms with Crippen LogP contribution in [0.5, 0.6) is 0 Å². The summed E-state index contributed by atoms with van der Waals surface area (Å²) < 4.78 is 0. The third-order valence-corrected chi connectivity index (χ3v) is 1.98. The molecule has 1 radical (unpaired) electrons. The van der Waals surface area contributed by atoms with Gasteiger partial charge in [0.1, 0.15) is 5.82 Å². The number of thioether (sulfide) groups is 1. The summed E-state index contributed by atoms with van der Waals surface area (Å²) >= 11 is 1.57. The molecule has 0 bridgehead atoms. The van der Waals surface area contributed by atoms with E-state index in [1.54, 1.807) is 24.0 Å². The maximum Gasteiger partial charge on any atom is 0.189 e. The van der Waals surface area contributed by atoms with Crippen LogP contribution in [-0.4, -0.2) is 15.7 Å². The van der Waals surface area contributed by atoms with Crippen LogP contribution in [0.15, 0.2) is 17.4 Å². The molecule has 0 aliphatic heterocycles. The lowest BCUT2D eigenvalue weighted by Crippen LogP contribution is -1.93. The fourth-order valence-corrected chi connectivity index (χ4v) is 1.22. The molecule has 0 saturated carbocycles. The quantitative estimate of drug-likeness (QED) is 0.547. The Morgan fingerprint density at radius 3 is 3.09 bits per heavy atom. The lowest BCUT2D eigenvalue weighted by Gasteiger charge is -1.97. The molecule has 3 nitrogen and oxygen atoms in total. The second-order valence-corrected chi connectivity index (χ2v) is 3.03. The molecule has 0 fully saturated rings. The molecular formula is C7H10N3S. The van der Waals surface area contributed by atoms with Crippen molar-refractivity contribution in [2.45, 2.75) is 11.6 Å². The van der Waals surface area contributed by atoms with E-state index in [4.69, 9.17) is 5.73 Å². The summed E-state index contributed by atoms with van der Waals surface area (Å²) in [6.45, 7) is 3.72. The molecule has 0 aliphatic carbocycles. The molecule has 1 heterocycles. The monoisotopic (exact) mass is 168 g/mol. The van der Waals surface area contributed by atoms with Gasteiger partial charge in [-0.25, -0.2) is 9.97 Å². The summed E-state index contributed by atoms with van der Waals surface area (Å²) in [7, 11) is 0. The van der Waals surface area contributed by atoms with E-state index in [0.29, 0.717) is 5.82 Å². The summed E-state index contributed by atoms with van der Waals surface area (Å²) in [6.07, 6.45) is 2.54. The predicted molar refractivity (Wildman–Crippen MR) is 47.1 cm³/mol. The topological polar surface area (TPSA) is 51.8 Å². The van der Waals surface area contributed by atoms with Gasteiger partial charge in [0, 0.05) is 11.9 Å². The van der Waals surface area contributed by atoms with Gasteiger partial charge in [0.05, 0.1) is 0 Å². The Morgan fingerprint density at radius 2 is 2.45 bits per heavy atom. The number of nitrogens with two attached hydrogens (primary N) is 1. The van der Waals surface area contributed by atoms with Crippen molar-refractivity contribution in [3.63, 3.8) is 0 Å². The first-order valence-corrected chi connectivity index (χ1v) is 4.32. The Morgan fingerprint density at radius 1 is 1.64 bits per heavy atom. The normalized spacial score (nSPS) is 9.91. The highest BCUT2D eigenvalue weighted by atomic mass is 32.2. The average Bonchev–Trinajstić information content (AvgIpc) is 2.01. The summed E-state index contributed by atoms with van der Waals surface area (Å²) in [5, 5.41) is 0.730. The van der Waals surface area contributed by atoms with Crippen molar-refractivity contribution in [3.05, 3.63) is 19.2 Å². The second kappa shape index (κ2) is 4.18. The minimum Gasteiger partial charge on any atom is -0.384 e. The largest absolute Gasteiger partial charge is 0.384 e. The van der Waals surface area contributed by atoms with Crippen molar-refractivity contribution in [2.75, 3.05) is 11.5 Å². The molecule has 0 saturated heterocycles. The molecule has 1 rings (SSSR count). The molecular weight excluding hydrogens is 158 g/mol. The molecule has 1 aromatic heterocycles. The van der Waals surface area contributed by atoms with Crippen molar-refractivity contribution in [1.29, 1.82) is 0 Å². The number of aromatic nitrogens is 2. The Balaban J connectivity index is 2.56. The van der Waals surface area contributed by atoms with Gasteiger partial charge in [-0.2, -0.15) is 0 Å². The van der Waals surface area contributed by atoms with Gasteiger partial charge in [-0.1, -0.05) is 18.7 Å².